The van der Waals surface area contributed by atoms with E-state index in [1.54, 1.807) is 0 Å². The van der Waals surface area contributed by atoms with Gasteiger partial charge in [-0.3, -0.25) is 0 Å². The topological polar surface area (TPSA) is 109 Å². The van der Waals surface area contributed by atoms with Crippen LogP contribution in [0.4, 0.5) is 0 Å². The van der Waals surface area contributed by atoms with E-state index in [0.717, 1.165) is 6.07 Å². The minimum Gasteiger partial charge on any atom is -0.504 e. The van der Waals surface area contributed by atoms with Gasteiger partial charge in [-0.2, -0.15) is 0 Å². The molecule has 106 valence electrons. The fourth-order valence-corrected chi connectivity index (χ4v) is 2.45. The summed E-state index contributed by atoms with van der Waals surface area (Å²) in [5.41, 5.74) is -0.905. The quantitative estimate of drug-likeness (QED) is 0.250. The van der Waals surface area contributed by atoms with Gasteiger partial charge < -0.3 is 29.2 Å². The number of fused-ring (bicyclic) bond motifs is 4. The molecule has 3 aromatic rings. The Morgan fingerprint density at radius 3 is 2.29 bits per heavy atom. The highest BCUT2D eigenvalue weighted by Gasteiger charge is 2.22. The fourth-order valence-electron chi connectivity index (χ4n) is 2.45. The maximum absolute atomic E-state index is 12.0. The minimum atomic E-state index is -0.698. The van der Waals surface area contributed by atoms with E-state index in [9.17, 15) is 20.1 Å². The van der Waals surface area contributed by atoms with Crippen molar-refractivity contribution >= 4 is 21.7 Å². The van der Waals surface area contributed by atoms with E-state index in [4.69, 9.17) is 13.9 Å². The first-order valence-corrected chi connectivity index (χ1v) is 6.00. The van der Waals surface area contributed by atoms with Crippen molar-refractivity contribution in [1.29, 1.82) is 0 Å². The monoisotopic (exact) mass is 288 g/mol. The molecule has 2 aromatic carbocycles. The fraction of sp³-hybridized carbons (Fsp3) is 0.0714. The van der Waals surface area contributed by atoms with E-state index in [2.05, 4.69) is 0 Å². The lowest BCUT2D eigenvalue weighted by atomic mass is 10.0. The highest BCUT2D eigenvalue weighted by atomic mass is 16.7. The standard InChI is InChI=1S/C14H8O7/c15-7-3-8(16)13-11(12(7)17)5-1-9-10(20-4-19-9)2-6(5)14(18)21-13/h1-3,15-17H,4H2. The Bertz CT molecular complexity index is 971. The molecule has 0 fully saturated rings. The zero-order chi connectivity index (χ0) is 14.7. The Morgan fingerprint density at radius 2 is 1.57 bits per heavy atom. The molecule has 2 heterocycles. The normalized spacial score (nSPS) is 13.1. The van der Waals surface area contributed by atoms with Gasteiger partial charge in [0.05, 0.1) is 10.8 Å². The summed E-state index contributed by atoms with van der Waals surface area (Å²) >= 11 is 0. The van der Waals surface area contributed by atoms with Crippen molar-refractivity contribution in [2.75, 3.05) is 6.79 Å². The molecule has 21 heavy (non-hydrogen) atoms. The van der Waals surface area contributed by atoms with E-state index in [0.29, 0.717) is 11.5 Å². The van der Waals surface area contributed by atoms with Gasteiger partial charge in [0.25, 0.3) is 0 Å². The number of benzene rings is 2. The van der Waals surface area contributed by atoms with Gasteiger partial charge in [0.2, 0.25) is 6.79 Å². The third-order valence-corrected chi connectivity index (χ3v) is 3.41. The van der Waals surface area contributed by atoms with Gasteiger partial charge in [-0.1, -0.05) is 0 Å². The van der Waals surface area contributed by atoms with E-state index in [-0.39, 0.29) is 28.5 Å². The van der Waals surface area contributed by atoms with Gasteiger partial charge in [-0.25, -0.2) is 4.79 Å². The molecule has 0 saturated carbocycles. The molecule has 1 aliphatic rings. The van der Waals surface area contributed by atoms with Crippen LogP contribution in [-0.2, 0) is 0 Å². The number of phenols is 3. The van der Waals surface area contributed by atoms with Gasteiger partial charge in [-0.15, -0.1) is 0 Å². The molecular weight excluding hydrogens is 280 g/mol. The summed E-state index contributed by atoms with van der Waals surface area (Å²) in [6.07, 6.45) is 0. The lowest BCUT2D eigenvalue weighted by Gasteiger charge is -2.08. The molecular formula is C14H8O7. The summed E-state index contributed by atoms with van der Waals surface area (Å²) in [4.78, 5) is 12.0. The van der Waals surface area contributed by atoms with Crippen molar-refractivity contribution in [3.05, 3.63) is 28.6 Å². The summed E-state index contributed by atoms with van der Waals surface area (Å²) in [6, 6.07) is 3.83. The average Bonchev–Trinajstić information content (AvgIpc) is 2.90. The molecule has 0 radical (unpaired) electrons. The maximum Gasteiger partial charge on any atom is 0.344 e. The third kappa shape index (κ3) is 1.45. The van der Waals surface area contributed by atoms with Crippen LogP contribution in [0.2, 0.25) is 0 Å². The third-order valence-electron chi connectivity index (χ3n) is 3.41. The Balaban J connectivity index is 2.30. The van der Waals surface area contributed by atoms with Crippen molar-refractivity contribution in [1.82, 2.24) is 0 Å². The van der Waals surface area contributed by atoms with Crippen LogP contribution in [0, 0.1) is 0 Å². The predicted molar refractivity (Wildman–Crippen MR) is 71.1 cm³/mol. The molecule has 0 atom stereocenters. The van der Waals surface area contributed by atoms with Gasteiger partial charge >= 0.3 is 5.63 Å². The summed E-state index contributed by atoms with van der Waals surface area (Å²) in [5, 5.41) is 29.9. The molecule has 1 aromatic heterocycles. The lowest BCUT2D eigenvalue weighted by Crippen LogP contribution is -2.00. The zero-order valence-electron chi connectivity index (χ0n) is 10.4. The SMILES string of the molecule is O=c1oc2c(O)cc(O)c(O)c2c2cc3c(cc12)OCO3. The molecule has 0 spiro atoms. The summed E-state index contributed by atoms with van der Waals surface area (Å²) < 4.78 is 15.4. The second kappa shape index (κ2) is 3.72. The molecule has 1 aliphatic heterocycles. The number of ether oxygens (including phenoxy) is 2. The molecule has 4 rings (SSSR count). The van der Waals surface area contributed by atoms with Crippen molar-refractivity contribution in [2.45, 2.75) is 0 Å². The summed E-state index contributed by atoms with van der Waals surface area (Å²) in [7, 11) is 0. The van der Waals surface area contributed by atoms with Crippen molar-refractivity contribution in [2.24, 2.45) is 0 Å². The second-order valence-corrected chi connectivity index (χ2v) is 4.61. The number of phenolic OH excluding ortho intramolecular Hbond substituents is 3. The molecule has 0 bridgehead atoms. The van der Waals surface area contributed by atoms with Crippen LogP contribution in [0.1, 0.15) is 0 Å². The number of rotatable bonds is 0. The summed E-state index contributed by atoms with van der Waals surface area (Å²) in [6.45, 7) is 0.0252. The lowest BCUT2D eigenvalue weighted by molar-refractivity contribution is 0.174. The smallest absolute Gasteiger partial charge is 0.344 e. The van der Waals surface area contributed by atoms with Gasteiger partial charge in [-0.05, 0) is 12.1 Å². The second-order valence-electron chi connectivity index (χ2n) is 4.61. The Hall–Kier alpha value is -3.09. The first-order chi connectivity index (χ1) is 10.1. The first-order valence-electron chi connectivity index (χ1n) is 6.00. The van der Waals surface area contributed by atoms with Crippen LogP contribution in [-0.4, -0.2) is 22.1 Å². The van der Waals surface area contributed by atoms with Crippen LogP contribution >= 0.6 is 0 Å². The predicted octanol–water partition coefficient (Wildman–Crippen LogP) is 1.79. The molecule has 7 heteroatoms. The van der Waals surface area contributed by atoms with Gasteiger partial charge in [0, 0.05) is 11.5 Å². The summed E-state index contributed by atoms with van der Waals surface area (Å²) in [5.74, 6) is -0.671. The van der Waals surface area contributed by atoms with Crippen LogP contribution in [0.5, 0.6) is 28.7 Å². The van der Waals surface area contributed by atoms with E-state index in [1.807, 2.05) is 0 Å². The number of hydrogen-bond acceptors (Lipinski definition) is 7. The molecule has 0 aliphatic carbocycles. The highest BCUT2D eigenvalue weighted by Crippen LogP contribution is 2.44. The van der Waals surface area contributed by atoms with E-state index in [1.165, 1.54) is 12.1 Å². The van der Waals surface area contributed by atoms with Crippen molar-refractivity contribution in [3.8, 4) is 28.7 Å². The Kier molecular flexibility index (Phi) is 2.08. The Morgan fingerprint density at radius 1 is 0.905 bits per heavy atom. The van der Waals surface area contributed by atoms with E-state index >= 15 is 0 Å². The van der Waals surface area contributed by atoms with Crippen molar-refractivity contribution < 1.29 is 29.2 Å². The highest BCUT2D eigenvalue weighted by molar-refractivity contribution is 6.11. The molecule has 0 unspecified atom stereocenters. The average molecular weight is 288 g/mol. The van der Waals surface area contributed by atoms with Crippen LogP contribution in [0.25, 0.3) is 21.7 Å². The molecule has 0 saturated heterocycles. The van der Waals surface area contributed by atoms with Crippen LogP contribution < -0.4 is 15.1 Å². The van der Waals surface area contributed by atoms with Gasteiger partial charge in [0.1, 0.15) is 0 Å². The largest absolute Gasteiger partial charge is 0.504 e. The molecule has 0 amide bonds. The van der Waals surface area contributed by atoms with Gasteiger partial charge in [0.15, 0.2) is 34.3 Å². The van der Waals surface area contributed by atoms with Crippen LogP contribution in [0.15, 0.2) is 27.4 Å². The maximum atomic E-state index is 12.0. The van der Waals surface area contributed by atoms with Crippen molar-refractivity contribution in [3.63, 3.8) is 0 Å². The minimum absolute atomic E-state index is 0.0252. The van der Waals surface area contributed by atoms with E-state index < -0.39 is 22.9 Å². The number of aromatic hydroxyl groups is 3. The van der Waals surface area contributed by atoms with Crippen LogP contribution in [0.3, 0.4) is 0 Å². The Labute approximate surface area is 116 Å². The molecule has 3 N–H and O–H groups in total. The zero-order valence-corrected chi connectivity index (χ0v) is 10.4. The molecule has 7 nitrogen and oxygen atoms in total. The first kappa shape index (κ1) is 11.7. The number of hydrogen-bond donors (Lipinski definition) is 3.